The molecule has 0 radical (unpaired) electrons. The van der Waals surface area contributed by atoms with E-state index >= 15 is 0 Å². The van der Waals surface area contributed by atoms with Crippen LogP contribution in [0.25, 0.3) is 11.3 Å². The number of benzene rings is 4. The van der Waals surface area contributed by atoms with Crippen LogP contribution in [-0.4, -0.2) is 16.2 Å². The molecule has 5 aromatic rings. The van der Waals surface area contributed by atoms with E-state index in [2.05, 4.69) is 27.0 Å². The van der Waals surface area contributed by atoms with Crippen molar-refractivity contribution in [1.29, 1.82) is 0 Å². The van der Waals surface area contributed by atoms with Gasteiger partial charge in [-0.05, 0) is 75.6 Å². The molecule has 0 amide bonds. The van der Waals surface area contributed by atoms with Crippen molar-refractivity contribution in [3.05, 3.63) is 136 Å². The van der Waals surface area contributed by atoms with Gasteiger partial charge in [-0.25, -0.2) is 0 Å². The monoisotopic (exact) mass is 609 g/mol. The second kappa shape index (κ2) is 15.1. The van der Waals surface area contributed by atoms with Crippen molar-refractivity contribution < 1.29 is 23.9 Å². The molecule has 0 spiro atoms. The molecule has 1 N–H and O–H groups in total. The van der Waals surface area contributed by atoms with E-state index < -0.39 is 5.97 Å². The summed E-state index contributed by atoms with van der Waals surface area (Å²) in [6, 6.07) is 35.1. The summed E-state index contributed by atoms with van der Waals surface area (Å²) in [5.41, 5.74) is 4.64. The summed E-state index contributed by atoms with van der Waals surface area (Å²) < 4.78 is 17.3. The van der Waals surface area contributed by atoms with Crippen LogP contribution in [0.4, 0.5) is 0 Å². The average molecular weight is 611 g/mol. The van der Waals surface area contributed by atoms with E-state index in [0.717, 1.165) is 33.8 Å². The van der Waals surface area contributed by atoms with Crippen LogP contribution in [0, 0.1) is 12.3 Å². The van der Waals surface area contributed by atoms with E-state index in [1.165, 1.54) is 0 Å². The van der Waals surface area contributed by atoms with Gasteiger partial charge in [-0.1, -0.05) is 71.7 Å². The highest BCUT2D eigenvalue weighted by atomic mass is 79.9. The Labute approximate surface area is 247 Å². The molecular formula is C34H28BrNO5. The van der Waals surface area contributed by atoms with Crippen molar-refractivity contribution in [3.8, 4) is 35.1 Å². The zero-order chi connectivity index (χ0) is 28.9. The number of rotatable bonds is 10. The first-order chi connectivity index (χ1) is 20.0. The van der Waals surface area contributed by atoms with Crippen molar-refractivity contribution in [2.75, 3.05) is 0 Å². The largest absolute Gasteiger partial charge is 0.489 e. The number of hydrogen-bond acceptors (Lipinski definition) is 5. The number of ether oxygens (including phenoxy) is 2. The van der Waals surface area contributed by atoms with Crippen molar-refractivity contribution in [2.24, 2.45) is 0 Å². The van der Waals surface area contributed by atoms with Gasteiger partial charge in [0.1, 0.15) is 30.4 Å². The van der Waals surface area contributed by atoms with Crippen LogP contribution in [0.3, 0.4) is 0 Å². The van der Waals surface area contributed by atoms with Gasteiger partial charge in [-0.15, -0.1) is 6.42 Å². The van der Waals surface area contributed by atoms with E-state index in [4.69, 9.17) is 25.5 Å². The predicted octanol–water partition coefficient (Wildman–Crippen LogP) is 7.95. The quantitative estimate of drug-likeness (QED) is 0.162. The summed E-state index contributed by atoms with van der Waals surface area (Å²) in [5, 5.41) is 12.8. The third-order valence-electron chi connectivity index (χ3n) is 5.91. The maximum atomic E-state index is 10.7. The normalized spacial score (nSPS) is 10.1. The second-order valence-corrected chi connectivity index (χ2v) is 9.70. The number of hydrogen-bond donors (Lipinski definition) is 1. The van der Waals surface area contributed by atoms with Crippen molar-refractivity contribution >= 4 is 21.9 Å². The summed E-state index contributed by atoms with van der Waals surface area (Å²) in [6.45, 7) is 1.09. The molecule has 5 rings (SSSR count). The van der Waals surface area contributed by atoms with E-state index in [0.29, 0.717) is 35.6 Å². The van der Waals surface area contributed by atoms with Crippen LogP contribution in [0.2, 0.25) is 0 Å². The standard InChI is InChI=1S/C19H16BrNO4.C15H12O/c20-18-16(10-11-17(22)23)25-21-19(18)14-6-8-15(9-7-14)24-12-13-4-2-1-3-5-13;1-2-13-8-10-15(11-9-13)16-12-14-6-4-3-5-7-14/h1-9H,10-12H2,(H,22,23);1,3-11H,12H2. The van der Waals surface area contributed by atoms with Crippen molar-refractivity contribution in [2.45, 2.75) is 26.1 Å². The first-order valence-corrected chi connectivity index (χ1v) is 13.7. The number of aromatic nitrogens is 1. The minimum absolute atomic E-state index is 0.000499. The first-order valence-electron chi connectivity index (χ1n) is 12.9. The predicted molar refractivity (Wildman–Crippen MR) is 162 cm³/mol. The van der Waals surface area contributed by atoms with E-state index in [-0.39, 0.29) is 6.42 Å². The Morgan fingerprint density at radius 1 is 0.805 bits per heavy atom. The van der Waals surface area contributed by atoms with E-state index in [9.17, 15) is 4.79 Å². The average Bonchev–Trinajstić information content (AvgIpc) is 3.39. The topological polar surface area (TPSA) is 81.8 Å². The molecule has 0 aliphatic heterocycles. The van der Waals surface area contributed by atoms with Gasteiger partial charge in [0, 0.05) is 17.5 Å². The molecule has 0 bridgehead atoms. The number of aliphatic carboxylic acids is 1. The molecule has 0 fully saturated rings. The molecule has 6 nitrogen and oxygen atoms in total. The van der Waals surface area contributed by atoms with E-state index in [1.54, 1.807) is 0 Å². The summed E-state index contributed by atoms with van der Waals surface area (Å²) >= 11 is 3.44. The minimum atomic E-state index is -0.871. The third kappa shape index (κ3) is 9.13. The smallest absolute Gasteiger partial charge is 0.303 e. The Bertz CT molecular complexity index is 1560. The minimum Gasteiger partial charge on any atom is -0.489 e. The summed E-state index contributed by atoms with van der Waals surface area (Å²) in [5.74, 6) is 3.83. The number of carboxylic acids is 1. The van der Waals surface area contributed by atoms with E-state index in [1.807, 2.05) is 109 Å². The fourth-order valence-electron chi connectivity index (χ4n) is 3.71. The summed E-state index contributed by atoms with van der Waals surface area (Å²) in [7, 11) is 0. The number of terminal acetylenes is 1. The maximum absolute atomic E-state index is 10.7. The fourth-order valence-corrected chi connectivity index (χ4v) is 4.28. The molecular weight excluding hydrogens is 582 g/mol. The lowest BCUT2D eigenvalue weighted by Crippen LogP contribution is -1.96. The molecule has 0 aliphatic rings. The zero-order valence-corrected chi connectivity index (χ0v) is 23.8. The van der Waals surface area contributed by atoms with Gasteiger partial charge in [0.2, 0.25) is 0 Å². The summed E-state index contributed by atoms with van der Waals surface area (Å²) in [6.07, 6.45) is 5.57. The van der Waals surface area contributed by atoms with Gasteiger partial charge in [0.15, 0.2) is 5.76 Å². The molecule has 1 heterocycles. The molecule has 1 aromatic heterocycles. The molecule has 0 unspecified atom stereocenters. The molecule has 0 saturated carbocycles. The zero-order valence-electron chi connectivity index (χ0n) is 22.2. The van der Waals surface area contributed by atoms with Gasteiger partial charge < -0.3 is 19.1 Å². The highest BCUT2D eigenvalue weighted by Crippen LogP contribution is 2.32. The number of carbonyl (C=O) groups is 1. The first kappa shape index (κ1) is 29.2. The van der Waals surface area contributed by atoms with Crippen molar-refractivity contribution in [3.63, 3.8) is 0 Å². The number of halogens is 1. The van der Waals surface area contributed by atoms with Crippen LogP contribution >= 0.6 is 15.9 Å². The maximum Gasteiger partial charge on any atom is 0.303 e. The Morgan fingerprint density at radius 2 is 1.32 bits per heavy atom. The Kier molecular flexibility index (Phi) is 10.8. The van der Waals surface area contributed by atoms with Gasteiger partial charge in [0.05, 0.1) is 10.9 Å². The lowest BCUT2D eigenvalue weighted by atomic mass is 10.1. The summed E-state index contributed by atoms with van der Waals surface area (Å²) in [4.78, 5) is 10.7. The van der Waals surface area contributed by atoms with Gasteiger partial charge in [-0.2, -0.15) is 0 Å². The van der Waals surface area contributed by atoms with Gasteiger partial charge in [0.25, 0.3) is 0 Å². The SMILES string of the molecule is C#Cc1ccc(OCc2ccccc2)cc1.O=C(O)CCc1onc(-c2ccc(OCc3ccccc3)cc2)c1Br. The highest BCUT2D eigenvalue weighted by molar-refractivity contribution is 9.10. The molecule has 206 valence electrons. The molecule has 41 heavy (non-hydrogen) atoms. The van der Waals surface area contributed by atoms with Crippen LogP contribution in [-0.2, 0) is 24.4 Å². The second-order valence-electron chi connectivity index (χ2n) is 8.90. The molecule has 0 atom stereocenters. The van der Waals surface area contributed by atoms with Gasteiger partial charge in [-0.3, -0.25) is 4.79 Å². The molecule has 7 heteroatoms. The van der Waals surface area contributed by atoms with Crippen molar-refractivity contribution in [1.82, 2.24) is 5.16 Å². The van der Waals surface area contributed by atoms with Crippen LogP contribution < -0.4 is 9.47 Å². The van der Waals surface area contributed by atoms with Gasteiger partial charge >= 0.3 is 5.97 Å². The van der Waals surface area contributed by atoms with Crippen LogP contribution in [0.15, 0.2) is 118 Å². The Morgan fingerprint density at radius 3 is 1.80 bits per heavy atom. The molecule has 0 aliphatic carbocycles. The van der Waals surface area contributed by atoms with Crippen LogP contribution in [0.1, 0.15) is 28.9 Å². The molecule has 0 saturated heterocycles. The fraction of sp³-hybridized carbons (Fsp3) is 0.118. The number of carboxylic acid groups (broad SMARTS) is 1. The third-order valence-corrected chi connectivity index (χ3v) is 6.73. The Hall–Kier alpha value is -4.80. The number of nitrogens with zero attached hydrogens (tertiary/aromatic N) is 1. The number of aryl methyl sites for hydroxylation is 1. The lowest BCUT2D eigenvalue weighted by Gasteiger charge is -2.06. The lowest BCUT2D eigenvalue weighted by molar-refractivity contribution is -0.137. The Balaban J connectivity index is 0.000000208. The molecule has 4 aromatic carbocycles. The van der Waals surface area contributed by atoms with Crippen LogP contribution in [0.5, 0.6) is 11.5 Å². The highest BCUT2D eigenvalue weighted by Gasteiger charge is 2.16.